The number of imidazole rings is 1. The molecule has 0 saturated carbocycles. The standard InChI is InChI=1S/C12H21N3O3S/c1-4-6-14-8-11(13-10(14)2)19(17,18)15-7-5-12(3,16)9-15/h8,16H,4-7,9H2,1-3H3. The molecule has 0 aliphatic carbocycles. The average Bonchev–Trinajstić information content (AvgIpc) is 2.84. The second-order valence-corrected chi connectivity index (χ2v) is 7.29. The normalized spacial score (nSPS) is 25.1. The van der Waals surface area contributed by atoms with Crippen LogP contribution in [0.2, 0.25) is 0 Å². The molecular formula is C12H21N3O3S. The zero-order chi connectivity index (χ0) is 14.3. The molecule has 1 N–H and O–H groups in total. The molecule has 0 spiro atoms. The lowest BCUT2D eigenvalue weighted by molar-refractivity contribution is 0.0762. The summed E-state index contributed by atoms with van der Waals surface area (Å²) in [6.45, 7) is 6.72. The van der Waals surface area contributed by atoms with E-state index >= 15 is 0 Å². The van der Waals surface area contributed by atoms with Crippen molar-refractivity contribution in [2.24, 2.45) is 0 Å². The fourth-order valence-electron chi connectivity index (χ4n) is 2.31. The number of hydrogen-bond donors (Lipinski definition) is 1. The summed E-state index contributed by atoms with van der Waals surface area (Å²) in [6.07, 6.45) is 2.97. The minimum atomic E-state index is -3.59. The van der Waals surface area contributed by atoms with Gasteiger partial charge in [0.15, 0.2) is 5.03 Å². The van der Waals surface area contributed by atoms with E-state index in [0.29, 0.717) is 18.8 Å². The Morgan fingerprint density at radius 1 is 1.53 bits per heavy atom. The van der Waals surface area contributed by atoms with Gasteiger partial charge in [-0.15, -0.1) is 0 Å². The van der Waals surface area contributed by atoms with E-state index in [0.717, 1.165) is 13.0 Å². The average molecular weight is 287 g/mol. The van der Waals surface area contributed by atoms with Gasteiger partial charge in [-0.05, 0) is 26.7 Å². The summed E-state index contributed by atoms with van der Waals surface area (Å²) < 4.78 is 28.0. The van der Waals surface area contributed by atoms with Crippen LogP contribution in [0.5, 0.6) is 0 Å². The van der Waals surface area contributed by atoms with Crippen LogP contribution in [-0.2, 0) is 16.6 Å². The van der Waals surface area contributed by atoms with Crippen molar-refractivity contribution in [3.63, 3.8) is 0 Å². The first-order valence-corrected chi connectivity index (χ1v) is 7.96. The zero-order valence-corrected chi connectivity index (χ0v) is 12.4. The molecule has 1 aliphatic rings. The lowest BCUT2D eigenvalue weighted by Crippen LogP contribution is -2.34. The molecule has 0 amide bonds. The summed E-state index contributed by atoms with van der Waals surface area (Å²) >= 11 is 0. The summed E-state index contributed by atoms with van der Waals surface area (Å²) in [5.41, 5.74) is -0.936. The van der Waals surface area contributed by atoms with E-state index in [-0.39, 0.29) is 11.6 Å². The van der Waals surface area contributed by atoms with Crippen molar-refractivity contribution < 1.29 is 13.5 Å². The SMILES string of the molecule is CCCn1cc(S(=O)(=O)N2CCC(C)(O)C2)nc1C. The van der Waals surface area contributed by atoms with Crippen LogP contribution in [0.4, 0.5) is 0 Å². The Kier molecular flexibility index (Phi) is 3.72. The lowest BCUT2D eigenvalue weighted by Gasteiger charge is -2.17. The number of aliphatic hydroxyl groups is 1. The van der Waals surface area contributed by atoms with E-state index in [1.807, 2.05) is 11.5 Å². The van der Waals surface area contributed by atoms with Crippen molar-refractivity contribution in [2.45, 2.75) is 50.8 Å². The van der Waals surface area contributed by atoms with Crippen LogP contribution in [0, 0.1) is 6.92 Å². The number of aromatic nitrogens is 2. The van der Waals surface area contributed by atoms with Gasteiger partial charge in [-0.1, -0.05) is 6.92 Å². The van der Waals surface area contributed by atoms with E-state index in [9.17, 15) is 13.5 Å². The maximum Gasteiger partial charge on any atom is 0.262 e. The highest BCUT2D eigenvalue weighted by Gasteiger charge is 2.39. The van der Waals surface area contributed by atoms with E-state index in [1.54, 1.807) is 20.0 Å². The molecule has 1 aromatic rings. The van der Waals surface area contributed by atoms with Crippen LogP contribution in [0.1, 0.15) is 32.5 Å². The van der Waals surface area contributed by atoms with E-state index < -0.39 is 15.6 Å². The van der Waals surface area contributed by atoms with E-state index in [2.05, 4.69) is 4.98 Å². The van der Waals surface area contributed by atoms with Crippen LogP contribution in [0.25, 0.3) is 0 Å². The predicted octanol–water partition coefficient (Wildman–Crippen LogP) is 0.747. The quantitative estimate of drug-likeness (QED) is 0.886. The maximum atomic E-state index is 12.4. The predicted molar refractivity (Wildman–Crippen MR) is 71.3 cm³/mol. The smallest absolute Gasteiger partial charge is 0.262 e. The second-order valence-electron chi connectivity index (χ2n) is 5.41. The summed E-state index contributed by atoms with van der Waals surface area (Å²) in [6, 6.07) is 0. The highest BCUT2D eigenvalue weighted by Crippen LogP contribution is 2.26. The van der Waals surface area contributed by atoms with Crippen molar-refractivity contribution in [3.05, 3.63) is 12.0 Å². The molecule has 19 heavy (non-hydrogen) atoms. The summed E-state index contributed by atoms with van der Waals surface area (Å²) in [7, 11) is -3.59. The molecule has 0 aromatic carbocycles. The topological polar surface area (TPSA) is 75.4 Å². The minimum absolute atomic E-state index is 0.0798. The number of aryl methyl sites for hydroxylation is 2. The number of sulfonamides is 1. The van der Waals surface area contributed by atoms with Gasteiger partial charge in [0.25, 0.3) is 10.0 Å². The number of nitrogens with zero attached hydrogens (tertiary/aromatic N) is 3. The van der Waals surface area contributed by atoms with Gasteiger partial charge in [-0.3, -0.25) is 0 Å². The van der Waals surface area contributed by atoms with E-state index in [1.165, 1.54) is 4.31 Å². The molecule has 1 atom stereocenters. The first kappa shape index (κ1) is 14.5. The van der Waals surface area contributed by atoms with Crippen molar-refractivity contribution in [1.29, 1.82) is 0 Å². The number of β-amino-alcohol motifs (C(OH)–C–C–N with tert-alkyl or cyclic N) is 1. The van der Waals surface area contributed by atoms with Crippen molar-refractivity contribution in [3.8, 4) is 0 Å². The lowest BCUT2D eigenvalue weighted by atomic mass is 10.1. The van der Waals surface area contributed by atoms with Crippen LogP contribution in [0.3, 0.4) is 0 Å². The van der Waals surface area contributed by atoms with Gasteiger partial charge in [0.1, 0.15) is 5.82 Å². The monoisotopic (exact) mass is 287 g/mol. The Labute approximate surface area is 114 Å². The Balaban J connectivity index is 2.28. The molecule has 1 fully saturated rings. The summed E-state index contributed by atoms with van der Waals surface area (Å²) in [5, 5.41) is 9.97. The van der Waals surface area contributed by atoms with Gasteiger partial charge in [0, 0.05) is 25.8 Å². The summed E-state index contributed by atoms with van der Waals surface area (Å²) in [5.74, 6) is 0.700. The highest BCUT2D eigenvalue weighted by atomic mass is 32.2. The Hall–Kier alpha value is -0.920. The Morgan fingerprint density at radius 2 is 2.21 bits per heavy atom. The highest BCUT2D eigenvalue weighted by molar-refractivity contribution is 7.89. The first-order valence-electron chi connectivity index (χ1n) is 6.52. The molecule has 6 nitrogen and oxygen atoms in total. The molecule has 2 rings (SSSR count). The number of rotatable bonds is 4. The molecule has 1 aromatic heterocycles. The van der Waals surface area contributed by atoms with Gasteiger partial charge in [0.2, 0.25) is 0 Å². The summed E-state index contributed by atoms with van der Waals surface area (Å²) in [4.78, 5) is 4.14. The van der Waals surface area contributed by atoms with Crippen molar-refractivity contribution in [2.75, 3.05) is 13.1 Å². The van der Waals surface area contributed by atoms with Crippen LogP contribution in [-0.4, -0.2) is 46.1 Å². The maximum absolute atomic E-state index is 12.4. The molecular weight excluding hydrogens is 266 g/mol. The molecule has 1 saturated heterocycles. The van der Waals surface area contributed by atoms with Crippen LogP contribution in [0.15, 0.2) is 11.2 Å². The van der Waals surface area contributed by atoms with Crippen LogP contribution < -0.4 is 0 Å². The third-order valence-electron chi connectivity index (χ3n) is 3.44. The third kappa shape index (κ3) is 2.82. The molecule has 0 bridgehead atoms. The van der Waals surface area contributed by atoms with Gasteiger partial charge >= 0.3 is 0 Å². The largest absolute Gasteiger partial charge is 0.389 e. The fraction of sp³-hybridized carbons (Fsp3) is 0.750. The van der Waals surface area contributed by atoms with Gasteiger partial charge in [-0.25, -0.2) is 13.4 Å². The van der Waals surface area contributed by atoms with Gasteiger partial charge < -0.3 is 9.67 Å². The molecule has 1 unspecified atom stereocenters. The van der Waals surface area contributed by atoms with Crippen LogP contribution >= 0.6 is 0 Å². The fourth-order valence-corrected chi connectivity index (χ4v) is 3.86. The van der Waals surface area contributed by atoms with E-state index in [4.69, 9.17) is 0 Å². The minimum Gasteiger partial charge on any atom is -0.389 e. The van der Waals surface area contributed by atoms with Gasteiger partial charge in [0.05, 0.1) is 5.60 Å². The third-order valence-corrected chi connectivity index (χ3v) is 5.16. The van der Waals surface area contributed by atoms with Crippen molar-refractivity contribution in [1.82, 2.24) is 13.9 Å². The Morgan fingerprint density at radius 3 is 2.74 bits per heavy atom. The molecule has 1 aliphatic heterocycles. The molecule has 0 radical (unpaired) electrons. The second kappa shape index (κ2) is 4.88. The first-order chi connectivity index (χ1) is 8.76. The zero-order valence-electron chi connectivity index (χ0n) is 11.6. The Bertz CT molecular complexity index is 563. The molecule has 2 heterocycles. The molecule has 108 valence electrons. The van der Waals surface area contributed by atoms with Gasteiger partial charge in [-0.2, -0.15) is 4.31 Å². The molecule has 7 heteroatoms. The number of hydrogen-bond acceptors (Lipinski definition) is 4. The van der Waals surface area contributed by atoms with Crippen molar-refractivity contribution >= 4 is 10.0 Å².